The van der Waals surface area contributed by atoms with Gasteiger partial charge >= 0.3 is 0 Å². The lowest BCUT2D eigenvalue weighted by molar-refractivity contribution is 0.335. The Bertz CT molecular complexity index is 359. The van der Waals surface area contributed by atoms with Crippen molar-refractivity contribution in [2.45, 2.75) is 13.3 Å². The zero-order valence-electron chi connectivity index (χ0n) is 10.9. The summed E-state index contributed by atoms with van der Waals surface area (Å²) >= 11 is 0. The normalized spacial score (nSPS) is 19.6. The summed E-state index contributed by atoms with van der Waals surface area (Å²) in [5, 5.41) is 3.42. The van der Waals surface area contributed by atoms with E-state index in [0.717, 1.165) is 43.6 Å². The number of aryl methyl sites for hydroxylation is 1. The molecular weight excluding hydrogens is 248 g/mol. The molecule has 1 fully saturated rings. The van der Waals surface area contributed by atoms with Crippen molar-refractivity contribution in [2.75, 3.05) is 38.0 Å². The Morgan fingerprint density at radius 3 is 3.06 bits per heavy atom. The van der Waals surface area contributed by atoms with E-state index in [2.05, 4.69) is 15.2 Å². The molecule has 102 valence electrons. The van der Waals surface area contributed by atoms with Gasteiger partial charge in [0.2, 0.25) is 0 Å². The second-order valence-corrected chi connectivity index (χ2v) is 4.79. The molecule has 2 heterocycles. The van der Waals surface area contributed by atoms with Crippen LogP contribution in [0.25, 0.3) is 0 Å². The van der Waals surface area contributed by atoms with Crippen molar-refractivity contribution in [2.24, 2.45) is 11.7 Å². The summed E-state index contributed by atoms with van der Waals surface area (Å²) < 4.78 is 0. The van der Waals surface area contributed by atoms with E-state index < -0.39 is 0 Å². The first-order valence-corrected chi connectivity index (χ1v) is 6.38. The van der Waals surface area contributed by atoms with Gasteiger partial charge < -0.3 is 16.0 Å². The number of nitrogens with zero attached hydrogens (tertiary/aromatic N) is 2. The molecule has 3 N–H and O–H groups in total. The van der Waals surface area contributed by atoms with Crippen LogP contribution in [0.15, 0.2) is 18.2 Å². The van der Waals surface area contributed by atoms with Gasteiger partial charge in [0.05, 0.1) is 0 Å². The van der Waals surface area contributed by atoms with Gasteiger partial charge in [-0.15, -0.1) is 12.4 Å². The van der Waals surface area contributed by atoms with Crippen LogP contribution in [0.2, 0.25) is 0 Å². The summed E-state index contributed by atoms with van der Waals surface area (Å²) in [5.74, 6) is 1.71. The number of hydrogen-bond donors (Lipinski definition) is 2. The lowest BCUT2D eigenvalue weighted by atomic mass is 10.1. The molecule has 0 radical (unpaired) electrons. The fraction of sp³-hybridized carbons (Fsp3) is 0.615. The third-order valence-electron chi connectivity index (χ3n) is 3.28. The molecular formula is C13H23ClN4. The molecule has 1 aromatic rings. The maximum absolute atomic E-state index is 5.57. The van der Waals surface area contributed by atoms with Crippen molar-refractivity contribution in [3.05, 3.63) is 23.9 Å². The molecule has 2 rings (SSSR count). The molecule has 1 aliphatic rings. The fourth-order valence-electron chi connectivity index (χ4n) is 2.36. The molecule has 0 saturated carbocycles. The first-order valence-electron chi connectivity index (χ1n) is 6.38. The topological polar surface area (TPSA) is 54.2 Å². The van der Waals surface area contributed by atoms with Crippen LogP contribution >= 0.6 is 12.4 Å². The number of nitrogens with two attached hydrogens (primary N) is 1. The van der Waals surface area contributed by atoms with Crippen molar-refractivity contribution < 1.29 is 0 Å². The van der Waals surface area contributed by atoms with Gasteiger partial charge in [-0.05, 0) is 37.9 Å². The van der Waals surface area contributed by atoms with E-state index in [4.69, 9.17) is 5.73 Å². The number of nitrogens with one attached hydrogen (secondary N) is 1. The maximum Gasteiger partial charge on any atom is 0.126 e. The van der Waals surface area contributed by atoms with E-state index in [1.165, 1.54) is 13.0 Å². The zero-order chi connectivity index (χ0) is 12.1. The monoisotopic (exact) mass is 270 g/mol. The molecule has 4 nitrogen and oxygen atoms in total. The molecule has 0 bridgehead atoms. The van der Waals surface area contributed by atoms with E-state index in [1.807, 2.05) is 25.1 Å². The molecule has 1 aromatic heterocycles. The summed E-state index contributed by atoms with van der Waals surface area (Å²) in [6.07, 6.45) is 1.26. The van der Waals surface area contributed by atoms with Crippen LogP contribution in [0.4, 0.5) is 5.82 Å². The van der Waals surface area contributed by atoms with E-state index in [9.17, 15) is 0 Å². The van der Waals surface area contributed by atoms with Gasteiger partial charge in [0.15, 0.2) is 0 Å². The molecule has 1 aliphatic heterocycles. The van der Waals surface area contributed by atoms with Crippen molar-refractivity contribution >= 4 is 18.2 Å². The third kappa shape index (κ3) is 4.44. The molecule has 1 unspecified atom stereocenters. The highest BCUT2D eigenvalue weighted by atomic mass is 35.5. The first kappa shape index (κ1) is 15.2. The van der Waals surface area contributed by atoms with Crippen LogP contribution in [-0.2, 0) is 0 Å². The summed E-state index contributed by atoms with van der Waals surface area (Å²) in [4.78, 5) is 6.89. The highest BCUT2D eigenvalue weighted by Gasteiger charge is 2.21. The van der Waals surface area contributed by atoms with Crippen LogP contribution in [0, 0.1) is 12.8 Å². The van der Waals surface area contributed by atoms with Crippen LogP contribution in [0.1, 0.15) is 12.1 Å². The van der Waals surface area contributed by atoms with Crippen molar-refractivity contribution in [3.8, 4) is 0 Å². The standard InChI is InChI=1S/C13H22N4.ClH/c1-11-3-2-4-13(16-11)15-9-12-5-7-17(10-12)8-6-14;/h2-4,12H,5-10,14H2,1H3,(H,15,16);1H. The van der Waals surface area contributed by atoms with E-state index >= 15 is 0 Å². The molecule has 18 heavy (non-hydrogen) atoms. The Labute approximate surface area is 115 Å². The largest absolute Gasteiger partial charge is 0.370 e. The zero-order valence-corrected chi connectivity index (χ0v) is 11.7. The molecule has 1 atom stereocenters. The van der Waals surface area contributed by atoms with Gasteiger partial charge in [0.1, 0.15) is 5.82 Å². The lowest BCUT2D eigenvalue weighted by Crippen LogP contribution is -2.28. The molecule has 0 aromatic carbocycles. The van der Waals surface area contributed by atoms with E-state index in [0.29, 0.717) is 0 Å². The summed E-state index contributed by atoms with van der Waals surface area (Å²) in [5.41, 5.74) is 6.63. The molecule has 0 spiro atoms. The summed E-state index contributed by atoms with van der Waals surface area (Å²) in [6.45, 7) is 7.17. The number of rotatable bonds is 5. The van der Waals surface area contributed by atoms with Crippen molar-refractivity contribution in [1.82, 2.24) is 9.88 Å². The highest BCUT2D eigenvalue weighted by molar-refractivity contribution is 5.85. The van der Waals surface area contributed by atoms with Gasteiger partial charge in [0, 0.05) is 31.9 Å². The average molecular weight is 271 g/mol. The molecule has 1 saturated heterocycles. The Hall–Kier alpha value is -0.840. The van der Waals surface area contributed by atoms with E-state index in [1.54, 1.807) is 0 Å². The number of halogens is 1. The average Bonchev–Trinajstić information content (AvgIpc) is 2.75. The third-order valence-corrected chi connectivity index (χ3v) is 3.28. The first-order chi connectivity index (χ1) is 8.28. The number of pyridine rings is 1. The van der Waals surface area contributed by atoms with Gasteiger partial charge in [-0.1, -0.05) is 6.07 Å². The Balaban J connectivity index is 0.00000162. The molecule has 0 aliphatic carbocycles. The van der Waals surface area contributed by atoms with Gasteiger partial charge in [-0.3, -0.25) is 0 Å². The number of likely N-dealkylation sites (tertiary alicyclic amines) is 1. The predicted molar refractivity (Wildman–Crippen MR) is 78.3 cm³/mol. The summed E-state index contributed by atoms with van der Waals surface area (Å²) in [6, 6.07) is 6.09. The second kappa shape index (κ2) is 7.56. The fourth-order valence-corrected chi connectivity index (χ4v) is 2.36. The Kier molecular flexibility index (Phi) is 6.39. The maximum atomic E-state index is 5.57. The van der Waals surface area contributed by atoms with Crippen LogP contribution in [-0.4, -0.2) is 42.6 Å². The number of hydrogen-bond acceptors (Lipinski definition) is 4. The van der Waals surface area contributed by atoms with Gasteiger partial charge in [-0.2, -0.15) is 0 Å². The quantitative estimate of drug-likeness (QED) is 0.852. The summed E-state index contributed by atoms with van der Waals surface area (Å²) in [7, 11) is 0. The number of aromatic nitrogens is 1. The molecule has 5 heteroatoms. The van der Waals surface area contributed by atoms with Crippen molar-refractivity contribution in [3.63, 3.8) is 0 Å². The van der Waals surface area contributed by atoms with Gasteiger partial charge in [0.25, 0.3) is 0 Å². The predicted octanol–water partition coefficient (Wildman–Crippen LogP) is 1.50. The smallest absolute Gasteiger partial charge is 0.126 e. The minimum atomic E-state index is 0. The molecule has 0 amide bonds. The SMILES string of the molecule is Cc1cccc(NCC2CCN(CCN)C2)n1.Cl. The van der Waals surface area contributed by atoms with E-state index in [-0.39, 0.29) is 12.4 Å². The number of anilines is 1. The van der Waals surface area contributed by atoms with Crippen LogP contribution in [0.3, 0.4) is 0 Å². The lowest BCUT2D eigenvalue weighted by Gasteiger charge is -2.15. The second-order valence-electron chi connectivity index (χ2n) is 4.79. The van der Waals surface area contributed by atoms with Gasteiger partial charge in [-0.25, -0.2) is 4.98 Å². The minimum Gasteiger partial charge on any atom is -0.370 e. The van der Waals surface area contributed by atoms with Crippen LogP contribution in [0.5, 0.6) is 0 Å². The minimum absolute atomic E-state index is 0. The Morgan fingerprint density at radius 2 is 2.33 bits per heavy atom. The van der Waals surface area contributed by atoms with Crippen molar-refractivity contribution in [1.29, 1.82) is 0 Å². The van der Waals surface area contributed by atoms with Crippen LogP contribution < -0.4 is 11.1 Å². The Morgan fingerprint density at radius 1 is 1.50 bits per heavy atom. The highest BCUT2D eigenvalue weighted by Crippen LogP contribution is 2.16.